The van der Waals surface area contributed by atoms with Gasteiger partial charge in [0.25, 0.3) is 0 Å². The Balaban J connectivity index is 1.11. The van der Waals surface area contributed by atoms with Crippen LogP contribution in [0, 0.1) is 5.41 Å². The summed E-state index contributed by atoms with van der Waals surface area (Å²) in [6.07, 6.45) is 0. The van der Waals surface area contributed by atoms with E-state index in [1.165, 1.54) is 53.9 Å². The van der Waals surface area contributed by atoms with E-state index in [9.17, 15) is 0 Å². The first kappa shape index (κ1) is 34.1. The third-order valence-electron chi connectivity index (χ3n) is 11.7. The lowest BCUT2D eigenvalue weighted by Gasteiger charge is -2.40. The lowest BCUT2D eigenvalue weighted by molar-refractivity contribution is 0.723. The minimum atomic E-state index is -0.496. The molecule has 1 atom stereocenters. The molecule has 0 saturated heterocycles. The molecule has 274 valence electrons. The van der Waals surface area contributed by atoms with Crippen molar-refractivity contribution in [3.8, 4) is 22.3 Å². The number of aliphatic imine (C=N–C) groups is 1. The molecule has 2 aliphatic rings. The van der Waals surface area contributed by atoms with Gasteiger partial charge >= 0.3 is 0 Å². The van der Waals surface area contributed by atoms with Crippen molar-refractivity contribution in [2.24, 2.45) is 4.99 Å². The highest BCUT2D eigenvalue weighted by molar-refractivity contribution is 7.99. The predicted molar refractivity (Wildman–Crippen MR) is 241 cm³/mol. The molecule has 5 heteroatoms. The van der Waals surface area contributed by atoms with Crippen LogP contribution in [0.15, 0.2) is 215 Å². The zero-order valence-electron chi connectivity index (χ0n) is 31.4. The molecule has 1 aliphatic heterocycles. The van der Waals surface area contributed by atoms with Crippen molar-refractivity contribution in [2.45, 2.75) is 15.2 Å². The van der Waals surface area contributed by atoms with Crippen molar-refractivity contribution in [1.29, 1.82) is 5.41 Å². The maximum absolute atomic E-state index is 8.99. The fraction of sp³-hybridized carbons (Fsp3) is 0.0189. The number of para-hydroxylation sites is 1. The second-order valence-corrected chi connectivity index (χ2v) is 15.9. The molecule has 0 amide bonds. The van der Waals surface area contributed by atoms with Gasteiger partial charge in [0.2, 0.25) is 0 Å². The number of anilines is 1. The lowest BCUT2D eigenvalue weighted by Crippen LogP contribution is -2.32. The van der Waals surface area contributed by atoms with Crippen LogP contribution in [-0.4, -0.2) is 11.7 Å². The summed E-state index contributed by atoms with van der Waals surface area (Å²) in [5.41, 5.74) is 18.9. The highest BCUT2D eigenvalue weighted by atomic mass is 32.2. The Bertz CT molecular complexity index is 3120. The van der Waals surface area contributed by atoms with Crippen LogP contribution < -0.4 is 10.9 Å². The van der Waals surface area contributed by atoms with Crippen molar-refractivity contribution < 1.29 is 0 Å². The Hall–Kier alpha value is -7.21. The number of nitrogens with one attached hydrogen (secondary N) is 3. The number of nitrogens with zero attached hydrogens (tertiary/aromatic N) is 1. The second kappa shape index (κ2) is 13.8. The van der Waals surface area contributed by atoms with Crippen LogP contribution in [0.2, 0.25) is 0 Å². The molecular formula is C53H36N4S. The molecule has 0 aromatic heterocycles. The van der Waals surface area contributed by atoms with Gasteiger partial charge in [-0.25, -0.2) is 4.99 Å². The van der Waals surface area contributed by atoms with Crippen LogP contribution >= 0.6 is 11.8 Å². The normalized spacial score (nSPS) is 15.1. The number of fused-ring (bicyclic) bond motifs is 12. The van der Waals surface area contributed by atoms with Crippen LogP contribution in [0.5, 0.6) is 0 Å². The summed E-state index contributed by atoms with van der Waals surface area (Å²) in [5, 5.41) is 13.7. The number of benzene rings is 9. The summed E-state index contributed by atoms with van der Waals surface area (Å²) in [4.78, 5) is 7.46. The standard InChI is InChI=1S/C53H36N4S/c54-51(35-16-3-1-4-17-35)55-52(57-56-37-18-5-2-6-19-37)42-30-29-38(40-21-9-10-22-41(40)42)36-28-32-49-47(33-36)53(45-25-13-14-26-48(45)58-49)44-24-12-11-23-43(44)50-39-20-8-7-15-34(39)27-31-46(50)53/h1-33,56H,(H2,54,55,57). The Kier molecular flexibility index (Phi) is 8.09. The molecule has 0 fully saturated rings. The molecule has 0 saturated carbocycles. The van der Waals surface area contributed by atoms with Gasteiger partial charge in [-0.15, -0.1) is 0 Å². The quantitative estimate of drug-likeness (QED) is 0.0930. The van der Waals surface area contributed by atoms with Crippen LogP contribution in [0.1, 0.15) is 33.4 Å². The third-order valence-corrected chi connectivity index (χ3v) is 12.8. The van der Waals surface area contributed by atoms with E-state index in [0.29, 0.717) is 5.84 Å². The lowest BCUT2D eigenvalue weighted by atomic mass is 9.67. The van der Waals surface area contributed by atoms with Crippen molar-refractivity contribution in [2.75, 3.05) is 5.43 Å². The minimum absolute atomic E-state index is 0.175. The molecule has 58 heavy (non-hydrogen) atoms. The van der Waals surface area contributed by atoms with Gasteiger partial charge in [0.15, 0.2) is 11.7 Å². The molecule has 4 nitrogen and oxygen atoms in total. The first-order chi connectivity index (χ1) is 28.7. The summed E-state index contributed by atoms with van der Waals surface area (Å²) < 4.78 is 0. The Morgan fingerprint density at radius 3 is 2.02 bits per heavy atom. The molecule has 9 aromatic rings. The van der Waals surface area contributed by atoms with E-state index in [-0.39, 0.29) is 5.84 Å². The van der Waals surface area contributed by atoms with Gasteiger partial charge in [0, 0.05) is 20.9 Å². The van der Waals surface area contributed by atoms with Crippen LogP contribution in [-0.2, 0) is 5.41 Å². The molecular weight excluding hydrogens is 725 g/mol. The van der Waals surface area contributed by atoms with Crippen LogP contribution in [0.25, 0.3) is 43.8 Å². The van der Waals surface area contributed by atoms with Gasteiger partial charge in [-0.05, 0) is 102 Å². The monoisotopic (exact) mass is 760 g/mol. The molecule has 1 unspecified atom stereocenters. The summed E-state index contributed by atoms with van der Waals surface area (Å²) in [6, 6.07) is 71.1. The molecule has 3 N–H and O–H groups in total. The van der Waals surface area contributed by atoms with Crippen molar-refractivity contribution in [1.82, 2.24) is 5.43 Å². The van der Waals surface area contributed by atoms with Crippen LogP contribution in [0.3, 0.4) is 0 Å². The number of hydrazine groups is 1. The summed E-state index contributed by atoms with van der Waals surface area (Å²) in [5.74, 6) is 0.734. The second-order valence-electron chi connectivity index (χ2n) is 14.8. The molecule has 1 spiro atoms. The minimum Gasteiger partial charge on any atom is -0.300 e. The first-order valence-corrected chi connectivity index (χ1v) is 20.4. The van der Waals surface area contributed by atoms with Gasteiger partial charge in [-0.3, -0.25) is 16.3 Å². The maximum Gasteiger partial charge on any atom is 0.154 e. The Morgan fingerprint density at radius 1 is 0.500 bits per heavy atom. The number of hydrogen-bond donors (Lipinski definition) is 3. The maximum atomic E-state index is 8.99. The van der Waals surface area contributed by atoms with E-state index in [4.69, 9.17) is 10.4 Å². The topological polar surface area (TPSA) is 60.3 Å². The van der Waals surface area contributed by atoms with Crippen molar-refractivity contribution in [3.05, 3.63) is 234 Å². The van der Waals surface area contributed by atoms with E-state index >= 15 is 0 Å². The fourth-order valence-corrected chi connectivity index (χ4v) is 10.3. The third kappa shape index (κ3) is 5.32. The first-order valence-electron chi connectivity index (χ1n) is 19.5. The number of amidine groups is 2. The van der Waals surface area contributed by atoms with Crippen LogP contribution in [0.4, 0.5) is 5.69 Å². The van der Waals surface area contributed by atoms with Gasteiger partial charge in [0.1, 0.15) is 0 Å². The summed E-state index contributed by atoms with van der Waals surface area (Å²) in [6.45, 7) is 0. The fourth-order valence-electron chi connectivity index (χ4n) is 9.17. The zero-order valence-corrected chi connectivity index (χ0v) is 32.2. The van der Waals surface area contributed by atoms with Gasteiger partial charge in [-0.1, -0.05) is 176 Å². The summed E-state index contributed by atoms with van der Waals surface area (Å²) >= 11 is 1.87. The van der Waals surface area contributed by atoms with E-state index < -0.39 is 5.41 Å². The highest BCUT2D eigenvalue weighted by Crippen LogP contribution is 2.63. The SMILES string of the molecule is N=C(N=C(NNc1ccccc1)c1ccc(-c2ccc3c(c2)C2(c4ccccc4S3)c3ccccc3-c3c2ccc2ccccc32)c2ccccc12)c1ccccc1. The van der Waals surface area contributed by atoms with E-state index in [1.54, 1.807) is 0 Å². The van der Waals surface area contributed by atoms with Gasteiger partial charge < -0.3 is 0 Å². The molecule has 1 heterocycles. The molecule has 11 rings (SSSR count). The van der Waals surface area contributed by atoms with E-state index in [0.717, 1.165) is 38.7 Å². The van der Waals surface area contributed by atoms with E-state index in [1.807, 2.05) is 72.4 Å². The van der Waals surface area contributed by atoms with Gasteiger partial charge in [-0.2, -0.15) is 0 Å². The molecule has 0 radical (unpaired) electrons. The zero-order chi connectivity index (χ0) is 38.6. The number of rotatable bonds is 5. The van der Waals surface area contributed by atoms with Crippen molar-refractivity contribution >= 4 is 50.7 Å². The van der Waals surface area contributed by atoms with Gasteiger partial charge in [0.05, 0.1) is 11.1 Å². The predicted octanol–water partition coefficient (Wildman–Crippen LogP) is 12.9. The largest absolute Gasteiger partial charge is 0.300 e. The Labute approximate surface area is 341 Å². The number of hydrogen-bond acceptors (Lipinski definition) is 3. The highest BCUT2D eigenvalue weighted by Gasteiger charge is 2.50. The molecule has 9 aromatic carbocycles. The average molecular weight is 761 g/mol. The smallest absolute Gasteiger partial charge is 0.154 e. The van der Waals surface area contributed by atoms with E-state index in [2.05, 4.69) is 150 Å². The Morgan fingerprint density at radius 2 is 1.17 bits per heavy atom. The average Bonchev–Trinajstić information content (AvgIpc) is 3.59. The van der Waals surface area contributed by atoms with Crippen molar-refractivity contribution in [3.63, 3.8) is 0 Å². The molecule has 0 bridgehead atoms. The molecule has 1 aliphatic carbocycles. The summed E-state index contributed by atoms with van der Waals surface area (Å²) in [7, 11) is 0.